The van der Waals surface area contributed by atoms with Crippen molar-refractivity contribution in [3.63, 3.8) is 0 Å². The van der Waals surface area contributed by atoms with Crippen molar-refractivity contribution in [3.8, 4) is 0 Å². The van der Waals surface area contributed by atoms with Crippen LogP contribution in [-0.4, -0.2) is 22.7 Å². The van der Waals surface area contributed by atoms with Crippen molar-refractivity contribution in [2.45, 2.75) is 19.6 Å². The second kappa shape index (κ2) is 7.16. The van der Waals surface area contributed by atoms with Crippen molar-refractivity contribution in [2.75, 3.05) is 13.2 Å². The van der Waals surface area contributed by atoms with Crippen LogP contribution in [0.2, 0.25) is 0 Å². The number of rotatable bonds is 8. The number of ether oxygens (including phenoxy) is 1. The highest BCUT2D eigenvalue weighted by Crippen LogP contribution is 2.01. The fourth-order valence-corrected chi connectivity index (χ4v) is 1.80. The molecule has 17 heavy (non-hydrogen) atoms. The third-order valence-electron chi connectivity index (χ3n) is 2.18. The average molecular weight is 253 g/mol. The molecule has 2 heterocycles. The zero-order chi connectivity index (χ0) is 11.8. The Hall–Kier alpha value is -1.24. The number of nitrogens with zero attached hydrogens (tertiary/aromatic N) is 2. The summed E-state index contributed by atoms with van der Waals surface area (Å²) in [6.45, 7) is 2.95. The molecule has 0 fully saturated rings. The van der Waals surface area contributed by atoms with Crippen LogP contribution in [0.4, 0.5) is 0 Å². The standard InChI is InChI=1S/C11H15N3O2S/c1-3-11(16-6-1)8-15-5-2-4-12-7-10-9-17-14-13-10/h1,3,6,9,12H,2,4-5,7-8H2. The summed E-state index contributed by atoms with van der Waals surface area (Å²) in [6.07, 6.45) is 2.63. The zero-order valence-electron chi connectivity index (χ0n) is 9.46. The van der Waals surface area contributed by atoms with Crippen molar-refractivity contribution in [1.29, 1.82) is 0 Å². The predicted octanol–water partition coefficient (Wildman–Crippen LogP) is 1.83. The molecule has 6 heteroatoms. The summed E-state index contributed by atoms with van der Waals surface area (Å²) >= 11 is 1.37. The van der Waals surface area contributed by atoms with Crippen molar-refractivity contribution in [3.05, 3.63) is 35.2 Å². The van der Waals surface area contributed by atoms with E-state index in [0.717, 1.165) is 37.6 Å². The SMILES string of the molecule is c1coc(COCCCNCc2csnn2)c1. The molecule has 92 valence electrons. The normalized spacial score (nSPS) is 10.8. The van der Waals surface area contributed by atoms with Crippen LogP contribution in [-0.2, 0) is 17.9 Å². The second-order valence-electron chi connectivity index (χ2n) is 3.56. The van der Waals surface area contributed by atoms with Gasteiger partial charge in [0.25, 0.3) is 0 Å². The fourth-order valence-electron chi connectivity index (χ4n) is 1.34. The molecule has 0 unspecified atom stereocenters. The first-order valence-corrected chi connectivity index (χ1v) is 6.35. The highest BCUT2D eigenvalue weighted by atomic mass is 32.1. The quantitative estimate of drug-likeness (QED) is 0.727. The first-order chi connectivity index (χ1) is 8.45. The Balaban J connectivity index is 1.44. The summed E-state index contributed by atoms with van der Waals surface area (Å²) in [4.78, 5) is 0. The molecule has 0 saturated carbocycles. The Kier molecular flexibility index (Phi) is 5.15. The summed E-state index contributed by atoms with van der Waals surface area (Å²) in [6, 6.07) is 3.77. The van der Waals surface area contributed by atoms with E-state index in [-0.39, 0.29) is 0 Å². The van der Waals surface area contributed by atoms with Crippen LogP contribution in [0.15, 0.2) is 28.2 Å². The Labute approximate surface area is 104 Å². The van der Waals surface area contributed by atoms with Crippen LogP contribution in [0.3, 0.4) is 0 Å². The molecule has 0 saturated heterocycles. The lowest BCUT2D eigenvalue weighted by Crippen LogP contribution is -2.16. The molecule has 0 amide bonds. The minimum atomic E-state index is 0.545. The maximum atomic E-state index is 5.46. The number of aromatic nitrogens is 2. The zero-order valence-corrected chi connectivity index (χ0v) is 10.3. The summed E-state index contributed by atoms with van der Waals surface area (Å²) in [5, 5.41) is 9.17. The van der Waals surface area contributed by atoms with Gasteiger partial charge in [-0.25, -0.2) is 0 Å². The molecule has 2 rings (SSSR count). The molecule has 0 aliphatic heterocycles. The summed E-state index contributed by atoms with van der Waals surface area (Å²) in [5.74, 6) is 0.867. The molecule has 0 radical (unpaired) electrons. The van der Waals surface area contributed by atoms with Crippen LogP contribution in [0.25, 0.3) is 0 Å². The Bertz CT molecular complexity index is 351. The molecule has 0 spiro atoms. The molecule has 2 aromatic rings. The molecular formula is C11H15N3O2S. The van der Waals surface area contributed by atoms with E-state index in [9.17, 15) is 0 Å². The Morgan fingerprint density at radius 3 is 3.24 bits per heavy atom. The summed E-state index contributed by atoms with van der Waals surface area (Å²) < 4.78 is 14.4. The van der Waals surface area contributed by atoms with Crippen molar-refractivity contribution < 1.29 is 9.15 Å². The highest BCUT2D eigenvalue weighted by molar-refractivity contribution is 7.03. The van der Waals surface area contributed by atoms with Crippen molar-refractivity contribution in [2.24, 2.45) is 0 Å². The minimum Gasteiger partial charge on any atom is -0.467 e. The molecule has 0 aliphatic rings. The molecular weight excluding hydrogens is 238 g/mol. The lowest BCUT2D eigenvalue weighted by molar-refractivity contribution is 0.104. The van der Waals surface area contributed by atoms with E-state index in [1.807, 2.05) is 17.5 Å². The number of nitrogens with one attached hydrogen (secondary N) is 1. The third-order valence-corrected chi connectivity index (χ3v) is 2.73. The van der Waals surface area contributed by atoms with Gasteiger partial charge in [0, 0.05) is 18.5 Å². The first-order valence-electron chi connectivity index (χ1n) is 5.52. The van der Waals surface area contributed by atoms with E-state index in [1.165, 1.54) is 11.5 Å². The number of hydrogen-bond acceptors (Lipinski definition) is 6. The van der Waals surface area contributed by atoms with Crippen LogP contribution >= 0.6 is 11.5 Å². The average Bonchev–Trinajstić information content (AvgIpc) is 3.00. The smallest absolute Gasteiger partial charge is 0.129 e. The lowest BCUT2D eigenvalue weighted by atomic mass is 10.4. The van der Waals surface area contributed by atoms with Gasteiger partial charge < -0.3 is 14.5 Å². The van der Waals surface area contributed by atoms with Crippen LogP contribution in [0, 0.1) is 0 Å². The van der Waals surface area contributed by atoms with Gasteiger partial charge in [-0.2, -0.15) is 0 Å². The predicted molar refractivity (Wildman–Crippen MR) is 64.6 cm³/mol. The van der Waals surface area contributed by atoms with E-state index in [2.05, 4.69) is 14.9 Å². The topological polar surface area (TPSA) is 60.2 Å². The van der Waals surface area contributed by atoms with Gasteiger partial charge in [-0.05, 0) is 36.6 Å². The van der Waals surface area contributed by atoms with Crippen LogP contribution in [0.5, 0.6) is 0 Å². The Morgan fingerprint density at radius 1 is 1.47 bits per heavy atom. The molecule has 1 N–H and O–H groups in total. The second-order valence-corrected chi connectivity index (χ2v) is 4.17. The van der Waals surface area contributed by atoms with E-state index in [1.54, 1.807) is 6.26 Å². The molecule has 5 nitrogen and oxygen atoms in total. The maximum Gasteiger partial charge on any atom is 0.129 e. The van der Waals surface area contributed by atoms with Gasteiger partial charge in [-0.1, -0.05) is 4.49 Å². The maximum absolute atomic E-state index is 5.46. The van der Waals surface area contributed by atoms with Gasteiger partial charge in [0.2, 0.25) is 0 Å². The van der Waals surface area contributed by atoms with E-state index in [4.69, 9.17) is 9.15 Å². The van der Waals surface area contributed by atoms with Gasteiger partial charge in [0.05, 0.1) is 12.0 Å². The van der Waals surface area contributed by atoms with Crippen molar-refractivity contribution in [1.82, 2.24) is 14.9 Å². The largest absolute Gasteiger partial charge is 0.467 e. The van der Waals surface area contributed by atoms with Crippen LogP contribution < -0.4 is 5.32 Å². The van der Waals surface area contributed by atoms with Gasteiger partial charge in [-0.3, -0.25) is 0 Å². The van der Waals surface area contributed by atoms with E-state index < -0.39 is 0 Å². The molecule has 0 bridgehead atoms. The van der Waals surface area contributed by atoms with Gasteiger partial charge in [0.15, 0.2) is 0 Å². The number of furan rings is 1. The highest BCUT2D eigenvalue weighted by Gasteiger charge is 1.96. The molecule has 0 aliphatic carbocycles. The lowest BCUT2D eigenvalue weighted by Gasteiger charge is -2.03. The summed E-state index contributed by atoms with van der Waals surface area (Å²) in [7, 11) is 0. The molecule has 2 aromatic heterocycles. The van der Waals surface area contributed by atoms with Crippen LogP contribution in [0.1, 0.15) is 17.9 Å². The molecule has 0 atom stereocenters. The van der Waals surface area contributed by atoms with Gasteiger partial charge in [0.1, 0.15) is 12.4 Å². The van der Waals surface area contributed by atoms with Gasteiger partial charge >= 0.3 is 0 Å². The van der Waals surface area contributed by atoms with E-state index >= 15 is 0 Å². The van der Waals surface area contributed by atoms with Crippen molar-refractivity contribution >= 4 is 11.5 Å². The fraction of sp³-hybridized carbons (Fsp3) is 0.455. The monoisotopic (exact) mass is 253 g/mol. The third kappa shape index (κ3) is 4.64. The minimum absolute atomic E-state index is 0.545. The number of hydrogen-bond donors (Lipinski definition) is 1. The van der Waals surface area contributed by atoms with E-state index in [0.29, 0.717) is 6.61 Å². The van der Waals surface area contributed by atoms with Gasteiger partial charge in [-0.15, -0.1) is 5.10 Å². The molecule has 0 aromatic carbocycles. The Morgan fingerprint density at radius 2 is 2.47 bits per heavy atom. The summed E-state index contributed by atoms with van der Waals surface area (Å²) in [5.41, 5.74) is 0.992. The first kappa shape index (κ1) is 12.2.